The third-order valence-corrected chi connectivity index (χ3v) is 4.34. The largest absolute Gasteiger partial charge is 0.314 e. The highest BCUT2D eigenvalue weighted by atomic mass is 35.5. The number of halogens is 3. The van der Waals surface area contributed by atoms with Gasteiger partial charge in [0.25, 0.3) is 0 Å². The van der Waals surface area contributed by atoms with E-state index in [0.717, 1.165) is 37.3 Å². The molecule has 1 aliphatic rings. The summed E-state index contributed by atoms with van der Waals surface area (Å²) in [5.41, 5.74) is 1.95. The van der Waals surface area contributed by atoms with Gasteiger partial charge in [-0.05, 0) is 40.1 Å². The minimum absolute atomic E-state index is 0. The van der Waals surface area contributed by atoms with Crippen molar-refractivity contribution in [1.29, 1.82) is 0 Å². The van der Waals surface area contributed by atoms with Gasteiger partial charge in [0.15, 0.2) is 11.6 Å². The maximum absolute atomic E-state index is 13.5. The highest BCUT2D eigenvalue weighted by Gasteiger charge is 2.24. The summed E-state index contributed by atoms with van der Waals surface area (Å²) in [5.74, 6) is -1.57. The lowest BCUT2D eigenvalue weighted by Crippen LogP contribution is -2.45. The van der Waals surface area contributed by atoms with Crippen molar-refractivity contribution in [3.8, 4) is 0 Å². The van der Waals surface area contributed by atoms with Crippen molar-refractivity contribution in [2.45, 2.75) is 6.04 Å². The van der Waals surface area contributed by atoms with Crippen LogP contribution in [0.4, 0.5) is 8.78 Å². The zero-order valence-corrected chi connectivity index (χ0v) is 13.0. The summed E-state index contributed by atoms with van der Waals surface area (Å²) in [6, 6.07) is 6.27. The second kappa shape index (κ2) is 7.31. The molecule has 2 aromatic rings. The first-order chi connectivity index (χ1) is 9.75. The molecule has 0 spiro atoms. The van der Waals surface area contributed by atoms with Crippen LogP contribution in [0, 0.1) is 11.6 Å². The van der Waals surface area contributed by atoms with Crippen LogP contribution < -0.4 is 5.32 Å². The Bertz CT molecular complexity index is 571. The molecule has 2 nitrogen and oxygen atoms in total. The Balaban J connectivity index is 0.00000161. The van der Waals surface area contributed by atoms with E-state index in [9.17, 15) is 8.78 Å². The molecule has 114 valence electrons. The summed E-state index contributed by atoms with van der Waals surface area (Å²) in [6.07, 6.45) is 0. The number of rotatable bonds is 3. The van der Waals surface area contributed by atoms with E-state index < -0.39 is 11.6 Å². The molecule has 0 unspecified atom stereocenters. The van der Waals surface area contributed by atoms with E-state index >= 15 is 0 Å². The Morgan fingerprint density at radius 2 is 1.81 bits per heavy atom. The summed E-state index contributed by atoms with van der Waals surface area (Å²) in [7, 11) is 0. The molecule has 0 radical (unpaired) electrons. The number of benzene rings is 1. The number of nitrogens with one attached hydrogen (secondary N) is 1. The average molecular weight is 331 g/mol. The molecule has 1 N–H and O–H groups in total. The van der Waals surface area contributed by atoms with Gasteiger partial charge in [-0.15, -0.1) is 12.4 Å². The third kappa shape index (κ3) is 3.61. The molecule has 1 fully saturated rings. The van der Waals surface area contributed by atoms with Crippen LogP contribution in [0.5, 0.6) is 0 Å². The van der Waals surface area contributed by atoms with E-state index in [4.69, 9.17) is 0 Å². The van der Waals surface area contributed by atoms with Crippen molar-refractivity contribution in [2.24, 2.45) is 0 Å². The van der Waals surface area contributed by atoms with Crippen molar-refractivity contribution < 1.29 is 8.78 Å². The van der Waals surface area contributed by atoms with Crippen LogP contribution in [0.1, 0.15) is 17.2 Å². The molecule has 1 aromatic heterocycles. The second-order valence-electron chi connectivity index (χ2n) is 4.92. The molecular weight excluding hydrogens is 314 g/mol. The van der Waals surface area contributed by atoms with E-state index in [2.05, 4.69) is 21.7 Å². The van der Waals surface area contributed by atoms with Gasteiger partial charge in [-0.25, -0.2) is 8.78 Å². The molecule has 0 saturated carbocycles. The monoisotopic (exact) mass is 330 g/mol. The predicted molar refractivity (Wildman–Crippen MR) is 84.2 cm³/mol. The van der Waals surface area contributed by atoms with Gasteiger partial charge in [0.05, 0.1) is 6.04 Å². The number of nitrogens with zero attached hydrogens (tertiary/aromatic N) is 1. The molecule has 1 saturated heterocycles. The fourth-order valence-electron chi connectivity index (χ4n) is 2.67. The van der Waals surface area contributed by atoms with Gasteiger partial charge in [-0.3, -0.25) is 4.90 Å². The molecule has 1 aromatic carbocycles. The number of piperazine rings is 1. The van der Waals surface area contributed by atoms with E-state index in [1.807, 2.05) is 5.38 Å². The maximum Gasteiger partial charge on any atom is 0.159 e. The van der Waals surface area contributed by atoms with Gasteiger partial charge in [0.2, 0.25) is 0 Å². The second-order valence-corrected chi connectivity index (χ2v) is 5.70. The SMILES string of the molecule is Cl.Fc1ccc([C@@H](c2ccsc2)N2CCNCC2)cc1F. The van der Waals surface area contributed by atoms with E-state index in [0.29, 0.717) is 0 Å². The summed E-state index contributed by atoms with van der Waals surface area (Å²) >= 11 is 1.62. The normalized spacial score (nSPS) is 17.2. The van der Waals surface area contributed by atoms with Crippen LogP contribution in [0.3, 0.4) is 0 Å². The number of thiophene rings is 1. The van der Waals surface area contributed by atoms with Crippen molar-refractivity contribution in [1.82, 2.24) is 10.2 Å². The summed E-state index contributed by atoms with van der Waals surface area (Å²) in [5, 5.41) is 7.41. The lowest BCUT2D eigenvalue weighted by Gasteiger charge is -2.35. The van der Waals surface area contributed by atoms with Crippen molar-refractivity contribution in [2.75, 3.05) is 26.2 Å². The Labute approximate surface area is 133 Å². The van der Waals surface area contributed by atoms with Crippen molar-refractivity contribution in [3.05, 3.63) is 57.8 Å². The number of hydrogen-bond acceptors (Lipinski definition) is 3. The van der Waals surface area contributed by atoms with E-state index in [-0.39, 0.29) is 18.4 Å². The molecule has 2 heterocycles. The van der Waals surface area contributed by atoms with Crippen LogP contribution in [0.2, 0.25) is 0 Å². The quantitative estimate of drug-likeness (QED) is 0.927. The lowest BCUT2D eigenvalue weighted by atomic mass is 9.98. The first-order valence-electron chi connectivity index (χ1n) is 6.67. The Morgan fingerprint density at radius 1 is 1.05 bits per heavy atom. The standard InChI is InChI=1S/C15H16F2N2S.ClH/c16-13-2-1-11(9-14(13)17)15(12-3-8-20-10-12)19-6-4-18-5-7-19;/h1-3,8-10,15,18H,4-7H2;1H/t15-;/m0./s1. The Morgan fingerprint density at radius 3 is 2.43 bits per heavy atom. The van der Waals surface area contributed by atoms with Crippen LogP contribution in [-0.4, -0.2) is 31.1 Å². The average Bonchev–Trinajstić information content (AvgIpc) is 2.98. The van der Waals surface area contributed by atoms with Crippen LogP contribution in [0.15, 0.2) is 35.0 Å². The fraction of sp³-hybridized carbons (Fsp3) is 0.333. The molecule has 3 rings (SSSR count). The molecule has 1 aliphatic heterocycles. The van der Waals surface area contributed by atoms with Gasteiger partial charge in [0, 0.05) is 26.2 Å². The Hall–Kier alpha value is -1.01. The smallest absolute Gasteiger partial charge is 0.159 e. The van der Waals surface area contributed by atoms with Crippen LogP contribution in [0.25, 0.3) is 0 Å². The maximum atomic E-state index is 13.5. The summed E-state index contributed by atoms with van der Waals surface area (Å²) < 4.78 is 26.7. The van der Waals surface area contributed by atoms with Gasteiger partial charge >= 0.3 is 0 Å². The number of hydrogen-bond donors (Lipinski definition) is 1. The topological polar surface area (TPSA) is 15.3 Å². The molecule has 21 heavy (non-hydrogen) atoms. The zero-order valence-electron chi connectivity index (χ0n) is 11.4. The van der Waals surface area contributed by atoms with E-state index in [1.54, 1.807) is 17.4 Å². The molecular formula is C15H17ClF2N2S. The first kappa shape index (κ1) is 16.4. The molecule has 0 bridgehead atoms. The Kier molecular flexibility index (Phi) is 5.70. The highest BCUT2D eigenvalue weighted by molar-refractivity contribution is 7.08. The fourth-order valence-corrected chi connectivity index (χ4v) is 3.35. The minimum Gasteiger partial charge on any atom is -0.314 e. The summed E-state index contributed by atoms with van der Waals surface area (Å²) in [6.45, 7) is 3.65. The van der Waals surface area contributed by atoms with Gasteiger partial charge in [-0.2, -0.15) is 11.3 Å². The third-order valence-electron chi connectivity index (χ3n) is 3.64. The lowest BCUT2D eigenvalue weighted by molar-refractivity contribution is 0.198. The van der Waals surface area contributed by atoms with Gasteiger partial charge in [-0.1, -0.05) is 6.07 Å². The highest BCUT2D eigenvalue weighted by Crippen LogP contribution is 2.31. The van der Waals surface area contributed by atoms with Crippen molar-refractivity contribution in [3.63, 3.8) is 0 Å². The molecule has 0 aliphatic carbocycles. The van der Waals surface area contributed by atoms with Gasteiger partial charge in [0.1, 0.15) is 0 Å². The van der Waals surface area contributed by atoms with Crippen LogP contribution in [-0.2, 0) is 0 Å². The zero-order chi connectivity index (χ0) is 13.9. The van der Waals surface area contributed by atoms with Crippen LogP contribution >= 0.6 is 23.7 Å². The predicted octanol–water partition coefficient (Wildman–Crippen LogP) is 3.44. The van der Waals surface area contributed by atoms with Gasteiger partial charge < -0.3 is 5.32 Å². The first-order valence-corrected chi connectivity index (χ1v) is 7.62. The van der Waals surface area contributed by atoms with Crippen molar-refractivity contribution >= 4 is 23.7 Å². The molecule has 1 atom stereocenters. The molecule has 0 amide bonds. The van der Waals surface area contributed by atoms with E-state index in [1.165, 1.54) is 12.1 Å². The minimum atomic E-state index is -0.793. The summed E-state index contributed by atoms with van der Waals surface area (Å²) in [4.78, 5) is 2.31. The molecule has 6 heteroatoms.